The molecule has 0 aliphatic carbocycles. The zero-order chi connectivity index (χ0) is 13.1. The molecule has 0 aliphatic rings. The maximum atomic E-state index is 13.8. The number of aromatic nitrogens is 1. The molecular formula is C13H14ClFN2S. The third-order valence-corrected chi connectivity index (χ3v) is 4.06. The largest absolute Gasteiger partial charge is 0.315 e. The number of hydrogen-bond donors (Lipinski definition) is 1. The van der Waals surface area contributed by atoms with Gasteiger partial charge in [-0.1, -0.05) is 24.6 Å². The van der Waals surface area contributed by atoms with E-state index < -0.39 is 0 Å². The van der Waals surface area contributed by atoms with Crippen LogP contribution in [0.25, 0.3) is 10.6 Å². The second kappa shape index (κ2) is 5.78. The normalized spacial score (nSPS) is 10.9. The molecule has 5 heteroatoms. The molecule has 18 heavy (non-hydrogen) atoms. The van der Waals surface area contributed by atoms with Crippen molar-refractivity contribution in [2.45, 2.75) is 19.9 Å². The SMILES string of the molecule is CCc1nc(-c2c(F)cccc2Cl)sc1CNC. The molecule has 0 bridgehead atoms. The Bertz CT molecular complexity index is 534. The van der Waals surface area contributed by atoms with Crippen LogP contribution >= 0.6 is 22.9 Å². The van der Waals surface area contributed by atoms with Gasteiger partial charge in [-0.25, -0.2) is 9.37 Å². The number of benzene rings is 1. The zero-order valence-electron chi connectivity index (χ0n) is 10.3. The van der Waals surface area contributed by atoms with E-state index in [2.05, 4.69) is 10.3 Å². The van der Waals surface area contributed by atoms with Crippen molar-refractivity contribution < 1.29 is 4.39 Å². The Hall–Kier alpha value is -0.970. The fourth-order valence-corrected chi connectivity index (χ4v) is 3.30. The Morgan fingerprint density at radius 1 is 1.44 bits per heavy atom. The average Bonchev–Trinajstić information content (AvgIpc) is 2.72. The van der Waals surface area contributed by atoms with Crippen molar-refractivity contribution in [3.63, 3.8) is 0 Å². The highest BCUT2D eigenvalue weighted by atomic mass is 35.5. The minimum absolute atomic E-state index is 0.324. The number of aryl methyl sites for hydroxylation is 1. The summed E-state index contributed by atoms with van der Waals surface area (Å²) in [5.41, 5.74) is 1.41. The van der Waals surface area contributed by atoms with Gasteiger partial charge in [0, 0.05) is 11.4 Å². The van der Waals surface area contributed by atoms with E-state index in [1.165, 1.54) is 17.4 Å². The first kappa shape index (κ1) is 13.5. The van der Waals surface area contributed by atoms with Gasteiger partial charge in [0.1, 0.15) is 10.8 Å². The van der Waals surface area contributed by atoms with Crippen LogP contribution in [-0.2, 0) is 13.0 Å². The van der Waals surface area contributed by atoms with Crippen molar-refractivity contribution in [3.8, 4) is 10.6 Å². The van der Waals surface area contributed by atoms with E-state index in [4.69, 9.17) is 11.6 Å². The predicted molar refractivity (Wildman–Crippen MR) is 74.7 cm³/mol. The number of hydrogen-bond acceptors (Lipinski definition) is 3. The molecular weight excluding hydrogens is 271 g/mol. The Morgan fingerprint density at radius 2 is 2.22 bits per heavy atom. The van der Waals surface area contributed by atoms with Gasteiger partial charge in [-0.3, -0.25) is 0 Å². The van der Waals surface area contributed by atoms with Crippen molar-refractivity contribution in [2.75, 3.05) is 7.05 Å². The molecule has 2 aromatic rings. The van der Waals surface area contributed by atoms with Crippen LogP contribution in [0, 0.1) is 5.82 Å². The van der Waals surface area contributed by atoms with E-state index in [0.717, 1.165) is 23.5 Å². The van der Waals surface area contributed by atoms with Crippen molar-refractivity contribution in [1.82, 2.24) is 10.3 Å². The van der Waals surface area contributed by atoms with Crippen LogP contribution in [0.15, 0.2) is 18.2 Å². The lowest BCUT2D eigenvalue weighted by molar-refractivity contribution is 0.631. The fourth-order valence-electron chi connectivity index (χ4n) is 1.77. The highest BCUT2D eigenvalue weighted by Gasteiger charge is 2.16. The molecule has 0 radical (unpaired) electrons. The number of nitrogens with one attached hydrogen (secondary N) is 1. The lowest BCUT2D eigenvalue weighted by Crippen LogP contribution is -2.05. The number of rotatable bonds is 4. The third-order valence-electron chi connectivity index (χ3n) is 2.63. The van der Waals surface area contributed by atoms with Crippen LogP contribution in [0.2, 0.25) is 5.02 Å². The van der Waals surface area contributed by atoms with Crippen LogP contribution in [0.3, 0.4) is 0 Å². The van der Waals surface area contributed by atoms with Crippen LogP contribution < -0.4 is 5.32 Å². The second-order valence-electron chi connectivity index (χ2n) is 3.87. The molecule has 0 spiro atoms. The fraction of sp³-hybridized carbons (Fsp3) is 0.308. The summed E-state index contributed by atoms with van der Waals surface area (Å²) < 4.78 is 13.8. The Labute approximate surface area is 115 Å². The van der Waals surface area contributed by atoms with Crippen molar-refractivity contribution in [3.05, 3.63) is 39.6 Å². The van der Waals surface area contributed by atoms with Crippen molar-refractivity contribution in [1.29, 1.82) is 0 Å². The van der Waals surface area contributed by atoms with Gasteiger partial charge in [0.2, 0.25) is 0 Å². The summed E-state index contributed by atoms with van der Waals surface area (Å²) in [4.78, 5) is 5.63. The molecule has 0 amide bonds. The van der Waals surface area contributed by atoms with Crippen molar-refractivity contribution >= 4 is 22.9 Å². The standard InChI is InChI=1S/C13H14ClFN2S/c1-3-10-11(7-16-2)18-13(17-10)12-8(14)5-4-6-9(12)15/h4-6,16H,3,7H2,1-2H3. The monoisotopic (exact) mass is 284 g/mol. The summed E-state index contributed by atoms with van der Waals surface area (Å²) in [6.07, 6.45) is 0.833. The Morgan fingerprint density at radius 3 is 2.83 bits per heavy atom. The van der Waals surface area contributed by atoms with E-state index >= 15 is 0 Å². The minimum Gasteiger partial charge on any atom is -0.315 e. The zero-order valence-corrected chi connectivity index (χ0v) is 11.8. The number of halogens is 2. The molecule has 1 aromatic heterocycles. The molecule has 2 rings (SSSR count). The highest BCUT2D eigenvalue weighted by molar-refractivity contribution is 7.15. The molecule has 96 valence electrons. The number of nitrogens with zero attached hydrogens (tertiary/aromatic N) is 1. The van der Waals surface area contributed by atoms with Crippen LogP contribution in [0.5, 0.6) is 0 Å². The van der Waals surface area contributed by atoms with Gasteiger partial charge < -0.3 is 5.32 Å². The summed E-state index contributed by atoms with van der Waals surface area (Å²) in [5, 5.41) is 4.15. The quantitative estimate of drug-likeness (QED) is 0.921. The first-order valence-electron chi connectivity index (χ1n) is 5.75. The molecule has 0 atom stereocenters. The topological polar surface area (TPSA) is 24.9 Å². The maximum absolute atomic E-state index is 13.8. The van der Waals surface area contributed by atoms with Gasteiger partial charge >= 0.3 is 0 Å². The van der Waals surface area contributed by atoms with E-state index in [-0.39, 0.29) is 5.82 Å². The van der Waals surface area contributed by atoms with Crippen LogP contribution in [0.1, 0.15) is 17.5 Å². The average molecular weight is 285 g/mol. The highest BCUT2D eigenvalue weighted by Crippen LogP contribution is 2.35. The lowest BCUT2D eigenvalue weighted by atomic mass is 10.2. The van der Waals surface area contributed by atoms with Gasteiger partial charge in [-0.05, 0) is 25.6 Å². The van der Waals surface area contributed by atoms with Gasteiger partial charge in [0.25, 0.3) is 0 Å². The van der Waals surface area contributed by atoms with Crippen molar-refractivity contribution in [2.24, 2.45) is 0 Å². The first-order chi connectivity index (χ1) is 8.67. The second-order valence-corrected chi connectivity index (χ2v) is 5.36. The Balaban J connectivity index is 2.51. The predicted octanol–water partition coefficient (Wildman–Crippen LogP) is 3.88. The summed E-state index contributed by atoms with van der Waals surface area (Å²) in [6, 6.07) is 4.70. The van der Waals surface area contributed by atoms with Gasteiger partial charge in [-0.15, -0.1) is 11.3 Å². The third kappa shape index (κ3) is 2.55. The first-order valence-corrected chi connectivity index (χ1v) is 6.94. The molecule has 0 saturated heterocycles. The van der Waals surface area contributed by atoms with Crippen LogP contribution in [0.4, 0.5) is 4.39 Å². The maximum Gasteiger partial charge on any atom is 0.134 e. The van der Waals surface area contributed by atoms with Crippen LogP contribution in [-0.4, -0.2) is 12.0 Å². The molecule has 1 aromatic carbocycles. The van der Waals surface area contributed by atoms with E-state index in [0.29, 0.717) is 15.6 Å². The minimum atomic E-state index is -0.324. The smallest absolute Gasteiger partial charge is 0.134 e. The molecule has 1 heterocycles. The summed E-state index contributed by atoms with van der Waals surface area (Å²) >= 11 is 7.55. The molecule has 0 fully saturated rings. The Kier molecular flexibility index (Phi) is 4.32. The van der Waals surface area contributed by atoms with E-state index in [9.17, 15) is 4.39 Å². The summed E-state index contributed by atoms with van der Waals surface area (Å²) in [6.45, 7) is 2.79. The lowest BCUT2D eigenvalue weighted by Gasteiger charge is -2.01. The molecule has 0 saturated carbocycles. The van der Waals surface area contributed by atoms with E-state index in [1.807, 2.05) is 14.0 Å². The van der Waals surface area contributed by atoms with Gasteiger partial charge in [0.05, 0.1) is 16.3 Å². The van der Waals surface area contributed by atoms with Gasteiger partial charge in [-0.2, -0.15) is 0 Å². The van der Waals surface area contributed by atoms with Gasteiger partial charge in [0.15, 0.2) is 0 Å². The summed E-state index contributed by atoms with van der Waals surface area (Å²) in [5.74, 6) is -0.324. The molecule has 1 N–H and O–H groups in total. The number of thiazole rings is 1. The van der Waals surface area contributed by atoms with E-state index in [1.54, 1.807) is 12.1 Å². The summed E-state index contributed by atoms with van der Waals surface area (Å²) in [7, 11) is 1.88. The molecule has 2 nitrogen and oxygen atoms in total. The molecule has 0 unspecified atom stereocenters. The molecule has 0 aliphatic heterocycles.